The third kappa shape index (κ3) is 3.37. The van der Waals surface area contributed by atoms with E-state index in [-0.39, 0.29) is 6.67 Å². The predicted molar refractivity (Wildman–Crippen MR) is 45.1 cm³/mol. The minimum atomic E-state index is -0.238. The molecule has 0 atom stereocenters. The Morgan fingerprint density at radius 2 is 1.91 bits per heavy atom. The Kier molecular flexibility index (Phi) is 3.98. The number of hydrogen-bond acceptors (Lipinski definition) is 1. The molecular weight excluding hydrogens is 161 g/mol. The van der Waals surface area contributed by atoms with Gasteiger partial charge >= 0.3 is 0 Å². The zero-order valence-corrected chi connectivity index (χ0v) is 7.06. The highest BCUT2D eigenvalue weighted by molar-refractivity contribution is 7.98. The van der Waals surface area contributed by atoms with Crippen LogP contribution in [0.25, 0.3) is 0 Å². The van der Waals surface area contributed by atoms with Crippen LogP contribution in [0.15, 0.2) is 30.6 Å². The predicted octanol–water partition coefficient (Wildman–Crippen LogP) is 1.63. The molecule has 0 aromatic carbocycles. The first-order chi connectivity index (χ1) is 5.43. The molecule has 11 heavy (non-hydrogen) atoms. The third-order valence-electron chi connectivity index (χ3n) is 1.24. The minimum absolute atomic E-state index is 0.238. The van der Waals surface area contributed by atoms with Crippen molar-refractivity contribution in [3.05, 3.63) is 30.6 Å². The molecule has 0 amide bonds. The lowest BCUT2D eigenvalue weighted by molar-refractivity contribution is -0.675. The second-order valence-corrected chi connectivity index (χ2v) is 3.19. The Balaban J connectivity index is 2.28. The number of aromatic nitrogens is 1. The fourth-order valence-electron chi connectivity index (χ4n) is 0.745. The van der Waals surface area contributed by atoms with Crippen molar-refractivity contribution in [2.24, 2.45) is 0 Å². The molecule has 0 aliphatic heterocycles. The summed E-state index contributed by atoms with van der Waals surface area (Å²) in [5.74, 6) is 1.42. The van der Waals surface area contributed by atoms with Gasteiger partial charge in [-0.2, -0.15) is 4.57 Å². The van der Waals surface area contributed by atoms with Gasteiger partial charge in [0.25, 0.3) is 0 Å². The first kappa shape index (κ1) is 8.53. The summed E-state index contributed by atoms with van der Waals surface area (Å²) in [6.45, 7) is -0.238. The Morgan fingerprint density at radius 3 is 2.55 bits per heavy atom. The summed E-state index contributed by atoms with van der Waals surface area (Å²) in [6.07, 6.45) is 3.95. The monoisotopic (exact) mass is 172 g/mol. The van der Waals surface area contributed by atoms with Crippen LogP contribution in [0.3, 0.4) is 0 Å². The van der Waals surface area contributed by atoms with Gasteiger partial charge in [0.2, 0.25) is 0 Å². The maximum absolute atomic E-state index is 11.7. The van der Waals surface area contributed by atoms with Gasteiger partial charge < -0.3 is 0 Å². The summed E-state index contributed by atoms with van der Waals surface area (Å²) in [4.78, 5) is 0. The van der Waals surface area contributed by atoms with Crippen LogP contribution in [0.4, 0.5) is 4.39 Å². The van der Waals surface area contributed by atoms with Crippen molar-refractivity contribution in [1.29, 1.82) is 0 Å². The summed E-state index contributed by atoms with van der Waals surface area (Å²) in [6, 6.07) is 5.91. The van der Waals surface area contributed by atoms with E-state index < -0.39 is 0 Å². The lowest BCUT2D eigenvalue weighted by Crippen LogP contribution is -2.30. The minimum Gasteiger partial charge on any atom is -0.250 e. The molecule has 0 unspecified atom stereocenters. The van der Waals surface area contributed by atoms with Gasteiger partial charge in [0, 0.05) is 17.9 Å². The van der Waals surface area contributed by atoms with Crippen LogP contribution in [0.5, 0.6) is 0 Å². The average molecular weight is 172 g/mol. The van der Waals surface area contributed by atoms with E-state index in [2.05, 4.69) is 0 Å². The van der Waals surface area contributed by atoms with E-state index in [1.54, 1.807) is 11.8 Å². The highest BCUT2D eigenvalue weighted by atomic mass is 32.2. The number of halogens is 1. The Morgan fingerprint density at radius 1 is 1.18 bits per heavy atom. The van der Waals surface area contributed by atoms with Crippen LogP contribution in [-0.2, 0) is 5.88 Å². The molecule has 1 nitrogen and oxygen atoms in total. The van der Waals surface area contributed by atoms with Gasteiger partial charge in [-0.15, -0.1) is 0 Å². The quantitative estimate of drug-likeness (QED) is 0.493. The first-order valence-electron chi connectivity index (χ1n) is 3.51. The number of rotatable bonds is 4. The van der Waals surface area contributed by atoms with Crippen molar-refractivity contribution in [2.45, 2.75) is 5.88 Å². The number of hydrogen-bond donors (Lipinski definition) is 0. The van der Waals surface area contributed by atoms with Gasteiger partial charge in [-0.1, -0.05) is 17.8 Å². The fourth-order valence-corrected chi connectivity index (χ4v) is 1.37. The summed E-state index contributed by atoms with van der Waals surface area (Å²) < 4.78 is 13.7. The van der Waals surface area contributed by atoms with Crippen molar-refractivity contribution < 1.29 is 8.96 Å². The van der Waals surface area contributed by atoms with E-state index in [0.717, 1.165) is 5.88 Å². The number of thioether (sulfide) groups is 1. The fraction of sp³-hybridized carbons (Fsp3) is 0.375. The van der Waals surface area contributed by atoms with Crippen molar-refractivity contribution in [3.63, 3.8) is 0 Å². The summed E-state index contributed by atoms with van der Waals surface area (Å²) in [5.41, 5.74) is 0. The average Bonchev–Trinajstić information content (AvgIpc) is 2.07. The molecule has 0 bridgehead atoms. The third-order valence-corrected chi connectivity index (χ3v) is 2.16. The topological polar surface area (TPSA) is 3.88 Å². The molecule has 1 heterocycles. The molecule has 0 saturated carbocycles. The van der Waals surface area contributed by atoms with Crippen LogP contribution in [0.2, 0.25) is 0 Å². The number of alkyl halides is 1. The van der Waals surface area contributed by atoms with Gasteiger partial charge in [-0.05, 0) is 0 Å². The largest absolute Gasteiger partial charge is 0.250 e. The van der Waals surface area contributed by atoms with Crippen molar-refractivity contribution >= 4 is 11.8 Å². The zero-order chi connectivity index (χ0) is 7.94. The van der Waals surface area contributed by atoms with Crippen molar-refractivity contribution in [2.75, 3.05) is 12.4 Å². The number of nitrogens with zero attached hydrogens (tertiary/aromatic N) is 1. The van der Waals surface area contributed by atoms with E-state index in [9.17, 15) is 4.39 Å². The maximum Gasteiger partial charge on any atom is 0.194 e. The Hall–Kier alpha value is -0.570. The normalized spacial score (nSPS) is 9.91. The van der Waals surface area contributed by atoms with Crippen LogP contribution >= 0.6 is 11.8 Å². The molecule has 0 spiro atoms. The van der Waals surface area contributed by atoms with Gasteiger partial charge in [-0.25, -0.2) is 0 Å². The second-order valence-electron chi connectivity index (χ2n) is 2.12. The van der Waals surface area contributed by atoms with Crippen LogP contribution in [-0.4, -0.2) is 12.4 Å². The van der Waals surface area contributed by atoms with E-state index in [0.29, 0.717) is 5.75 Å². The highest BCUT2D eigenvalue weighted by Gasteiger charge is 1.95. The molecule has 0 fully saturated rings. The SMILES string of the molecule is FCCSC[n+]1ccccc1. The van der Waals surface area contributed by atoms with E-state index in [1.165, 1.54) is 0 Å². The van der Waals surface area contributed by atoms with Gasteiger partial charge in [0.15, 0.2) is 18.3 Å². The number of pyridine rings is 1. The molecule has 0 N–H and O–H groups in total. The van der Waals surface area contributed by atoms with Gasteiger partial charge in [0.1, 0.15) is 0 Å². The standard InChI is InChI=1S/C8H11FNS/c9-4-7-11-8-10-5-2-1-3-6-10/h1-3,5-6H,4,7-8H2/q+1. The molecule has 1 aromatic heterocycles. The van der Waals surface area contributed by atoms with E-state index >= 15 is 0 Å². The smallest absolute Gasteiger partial charge is 0.194 e. The molecule has 3 heteroatoms. The zero-order valence-electron chi connectivity index (χ0n) is 6.24. The molecule has 1 aromatic rings. The van der Waals surface area contributed by atoms with E-state index in [4.69, 9.17) is 0 Å². The maximum atomic E-state index is 11.7. The molecule has 0 aliphatic rings. The Bertz CT molecular complexity index is 191. The van der Waals surface area contributed by atoms with E-state index in [1.807, 2.05) is 35.2 Å². The van der Waals surface area contributed by atoms with Crippen molar-refractivity contribution in [1.82, 2.24) is 0 Å². The molecule has 0 aliphatic carbocycles. The Labute approximate surface area is 70.2 Å². The van der Waals surface area contributed by atoms with Gasteiger partial charge in [-0.3, -0.25) is 4.39 Å². The van der Waals surface area contributed by atoms with Crippen LogP contribution in [0.1, 0.15) is 0 Å². The molecular formula is C8H11FNS+. The summed E-state index contributed by atoms with van der Waals surface area (Å²) >= 11 is 1.59. The van der Waals surface area contributed by atoms with Crippen molar-refractivity contribution in [3.8, 4) is 0 Å². The van der Waals surface area contributed by atoms with Crippen LogP contribution < -0.4 is 4.57 Å². The lowest BCUT2D eigenvalue weighted by Gasteiger charge is -1.92. The first-order valence-corrected chi connectivity index (χ1v) is 4.67. The summed E-state index contributed by atoms with van der Waals surface area (Å²) in [7, 11) is 0. The highest BCUT2D eigenvalue weighted by Crippen LogP contribution is 1.97. The molecule has 60 valence electrons. The van der Waals surface area contributed by atoms with Crippen LogP contribution in [0, 0.1) is 0 Å². The lowest BCUT2D eigenvalue weighted by atomic mass is 10.5. The molecule has 1 rings (SSSR count). The van der Waals surface area contributed by atoms with Gasteiger partial charge in [0.05, 0.1) is 6.67 Å². The summed E-state index contributed by atoms with van der Waals surface area (Å²) in [5, 5.41) is 0. The molecule has 0 saturated heterocycles. The molecule has 0 radical (unpaired) electrons. The second kappa shape index (κ2) is 5.13.